The van der Waals surface area contributed by atoms with Gasteiger partial charge >= 0.3 is 0 Å². The van der Waals surface area contributed by atoms with Crippen LogP contribution in [0.5, 0.6) is 5.75 Å². The molecule has 4 rings (SSSR count). The van der Waals surface area contributed by atoms with Crippen LogP contribution in [0.25, 0.3) is 0 Å². The van der Waals surface area contributed by atoms with Crippen molar-refractivity contribution in [2.75, 3.05) is 18.0 Å². The summed E-state index contributed by atoms with van der Waals surface area (Å²) in [6.07, 6.45) is 4.42. The monoisotopic (exact) mass is 401 g/mol. The van der Waals surface area contributed by atoms with Gasteiger partial charge in [-0.25, -0.2) is 9.97 Å². The van der Waals surface area contributed by atoms with Crippen LogP contribution in [0.15, 0.2) is 54.6 Å². The Hall–Kier alpha value is -3.21. The Morgan fingerprint density at radius 1 is 1.00 bits per heavy atom. The van der Waals surface area contributed by atoms with E-state index in [1.54, 1.807) is 6.92 Å². The van der Waals surface area contributed by atoms with Crippen molar-refractivity contribution in [1.29, 1.82) is 0 Å². The predicted octanol–water partition coefficient (Wildman–Crippen LogP) is 4.35. The number of aldehydes is 1. The van der Waals surface area contributed by atoms with E-state index in [1.807, 2.05) is 6.07 Å². The molecule has 0 radical (unpaired) electrons. The third-order valence-corrected chi connectivity index (χ3v) is 5.88. The fraction of sp³-hybridized carbons (Fsp3) is 0.320. The number of anilines is 1. The zero-order valence-electron chi connectivity index (χ0n) is 17.3. The minimum atomic E-state index is -0.112. The lowest BCUT2D eigenvalue weighted by Crippen LogP contribution is -2.34. The van der Waals surface area contributed by atoms with Gasteiger partial charge < -0.3 is 10.0 Å². The fourth-order valence-corrected chi connectivity index (χ4v) is 4.13. The summed E-state index contributed by atoms with van der Waals surface area (Å²) in [6, 6.07) is 19.4. The molecule has 1 N–H and O–H groups in total. The van der Waals surface area contributed by atoms with E-state index in [2.05, 4.69) is 63.4 Å². The molecule has 0 aliphatic carbocycles. The van der Waals surface area contributed by atoms with Crippen LogP contribution in [-0.4, -0.2) is 34.5 Å². The molecule has 1 aromatic heterocycles. The van der Waals surface area contributed by atoms with E-state index < -0.39 is 0 Å². The van der Waals surface area contributed by atoms with E-state index in [0.29, 0.717) is 23.7 Å². The number of hydrogen-bond acceptors (Lipinski definition) is 5. The summed E-state index contributed by atoms with van der Waals surface area (Å²) in [6.45, 7) is 3.71. The molecule has 0 amide bonds. The van der Waals surface area contributed by atoms with Crippen molar-refractivity contribution < 1.29 is 9.90 Å². The summed E-state index contributed by atoms with van der Waals surface area (Å²) in [5.41, 5.74) is 4.48. The molecule has 1 aliphatic heterocycles. The average Bonchev–Trinajstić information content (AvgIpc) is 2.78. The first-order chi connectivity index (χ1) is 14.6. The molecule has 0 saturated carbocycles. The number of rotatable bonds is 6. The molecule has 0 unspecified atom stereocenters. The highest BCUT2D eigenvalue weighted by Crippen LogP contribution is 2.27. The van der Waals surface area contributed by atoms with Crippen LogP contribution >= 0.6 is 0 Å². The van der Waals surface area contributed by atoms with E-state index in [4.69, 9.17) is 0 Å². The molecule has 30 heavy (non-hydrogen) atoms. The first-order valence-corrected chi connectivity index (χ1v) is 10.5. The lowest BCUT2D eigenvalue weighted by atomic mass is 9.92. The van der Waals surface area contributed by atoms with E-state index in [9.17, 15) is 9.90 Å². The molecule has 0 bridgehead atoms. The molecular weight excluding hydrogens is 374 g/mol. The molecule has 0 atom stereocenters. The summed E-state index contributed by atoms with van der Waals surface area (Å²) in [7, 11) is 0. The number of nitrogens with zero attached hydrogens (tertiary/aromatic N) is 3. The van der Waals surface area contributed by atoms with E-state index in [0.717, 1.165) is 38.8 Å². The molecule has 1 fully saturated rings. The topological polar surface area (TPSA) is 66.3 Å². The summed E-state index contributed by atoms with van der Waals surface area (Å²) >= 11 is 0. The van der Waals surface area contributed by atoms with Crippen molar-refractivity contribution in [3.05, 3.63) is 82.9 Å². The van der Waals surface area contributed by atoms with Gasteiger partial charge in [0, 0.05) is 25.2 Å². The SMILES string of the molecule is Cc1nc(CC2CCN(c3ccc(Cc4ccccc4)cc3)CC2)nc(C=O)c1O. The molecule has 5 nitrogen and oxygen atoms in total. The predicted molar refractivity (Wildman–Crippen MR) is 118 cm³/mol. The Bertz CT molecular complexity index is 995. The Kier molecular flexibility index (Phi) is 6.07. The molecular formula is C25H27N3O2. The second kappa shape index (κ2) is 9.08. The summed E-state index contributed by atoms with van der Waals surface area (Å²) < 4.78 is 0. The second-order valence-electron chi connectivity index (χ2n) is 8.04. The van der Waals surface area contributed by atoms with E-state index in [1.165, 1.54) is 16.8 Å². The van der Waals surface area contributed by atoms with Crippen LogP contribution < -0.4 is 4.90 Å². The summed E-state index contributed by atoms with van der Waals surface area (Å²) in [5.74, 6) is 1.03. The Morgan fingerprint density at radius 3 is 2.33 bits per heavy atom. The molecule has 2 heterocycles. The Balaban J connectivity index is 1.33. The van der Waals surface area contributed by atoms with Crippen molar-refractivity contribution in [1.82, 2.24) is 9.97 Å². The van der Waals surface area contributed by atoms with Gasteiger partial charge in [0.05, 0.1) is 5.69 Å². The van der Waals surface area contributed by atoms with Gasteiger partial charge in [-0.15, -0.1) is 0 Å². The molecule has 154 valence electrons. The van der Waals surface area contributed by atoms with Crippen LogP contribution in [-0.2, 0) is 12.8 Å². The number of aryl methyl sites for hydroxylation is 1. The van der Waals surface area contributed by atoms with Crippen molar-refractivity contribution in [3.8, 4) is 5.75 Å². The minimum absolute atomic E-state index is 0.0885. The molecule has 1 aliphatic rings. The van der Waals surface area contributed by atoms with Gasteiger partial charge in [-0.2, -0.15) is 0 Å². The van der Waals surface area contributed by atoms with Crippen LogP contribution in [0, 0.1) is 12.8 Å². The van der Waals surface area contributed by atoms with Crippen molar-refractivity contribution in [2.24, 2.45) is 5.92 Å². The van der Waals surface area contributed by atoms with Gasteiger partial charge in [0.2, 0.25) is 0 Å². The van der Waals surface area contributed by atoms with Crippen molar-refractivity contribution in [2.45, 2.75) is 32.6 Å². The lowest BCUT2D eigenvalue weighted by Gasteiger charge is -2.33. The van der Waals surface area contributed by atoms with Gasteiger partial charge in [-0.05, 0) is 55.4 Å². The smallest absolute Gasteiger partial charge is 0.172 e. The molecule has 0 spiro atoms. The number of carbonyl (C=O) groups is 1. The fourth-order valence-electron chi connectivity index (χ4n) is 4.13. The number of benzene rings is 2. The summed E-state index contributed by atoms with van der Waals surface area (Å²) in [4.78, 5) is 22.1. The van der Waals surface area contributed by atoms with Crippen LogP contribution in [0.2, 0.25) is 0 Å². The van der Waals surface area contributed by atoms with Gasteiger partial charge in [-0.3, -0.25) is 4.79 Å². The maximum Gasteiger partial charge on any atom is 0.172 e. The molecule has 2 aromatic carbocycles. The van der Waals surface area contributed by atoms with E-state index in [-0.39, 0.29) is 11.4 Å². The van der Waals surface area contributed by atoms with Crippen LogP contribution in [0.3, 0.4) is 0 Å². The van der Waals surface area contributed by atoms with E-state index >= 15 is 0 Å². The lowest BCUT2D eigenvalue weighted by molar-refractivity contribution is 0.111. The van der Waals surface area contributed by atoms with Gasteiger partial charge in [-0.1, -0.05) is 42.5 Å². The minimum Gasteiger partial charge on any atom is -0.504 e. The highest BCUT2D eigenvalue weighted by molar-refractivity contribution is 5.76. The molecule has 1 saturated heterocycles. The molecule has 5 heteroatoms. The average molecular weight is 402 g/mol. The van der Waals surface area contributed by atoms with Crippen molar-refractivity contribution >= 4 is 12.0 Å². The number of carbonyl (C=O) groups excluding carboxylic acids is 1. The third kappa shape index (κ3) is 4.67. The number of aromatic hydroxyl groups is 1. The standard InChI is InChI=1S/C25H27N3O2/c1-18-25(30)23(17-29)27-24(26-18)16-21-11-13-28(14-12-21)22-9-7-20(8-10-22)15-19-5-3-2-4-6-19/h2-10,17,21,30H,11-16H2,1H3. The van der Waals surface area contributed by atoms with Crippen LogP contribution in [0.1, 0.15) is 46.0 Å². The zero-order chi connectivity index (χ0) is 20.9. The highest BCUT2D eigenvalue weighted by atomic mass is 16.3. The Labute approximate surface area is 177 Å². The quantitative estimate of drug-likeness (QED) is 0.622. The largest absolute Gasteiger partial charge is 0.504 e. The first kappa shape index (κ1) is 20.1. The first-order valence-electron chi connectivity index (χ1n) is 10.5. The highest BCUT2D eigenvalue weighted by Gasteiger charge is 2.21. The van der Waals surface area contributed by atoms with Gasteiger partial charge in [0.1, 0.15) is 11.5 Å². The third-order valence-electron chi connectivity index (χ3n) is 5.88. The number of hydrogen-bond donors (Lipinski definition) is 1. The maximum atomic E-state index is 11.1. The molecule has 3 aromatic rings. The second-order valence-corrected chi connectivity index (χ2v) is 8.04. The van der Waals surface area contributed by atoms with Crippen molar-refractivity contribution in [3.63, 3.8) is 0 Å². The number of aromatic nitrogens is 2. The normalized spacial score (nSPS) is 14.6. The van der Waals surface area contributed by atoms with Gasteiger partial charge in [0.25, 0.3) is 0 Å². The Morgan fingerprint density at radius 2 is 1.67 bits per heavy atom. The maximum absolute atomic E-state index is 11.1. The zero-order valence-corrected chi connectivity index (χ0v) is 17.3. The summed E-state index contributed by atoms with van der Waals surface area (Å²) in [5, 5.41) is 9.83. The number of piperidine rings is 1. The van der Waals surface area contributed by atoms with Crippen LogP contribution in [0.4, 0.5) is 5.69 Å². The van der Waals surface area contributed by atoms with Gasteiger partial charge in [0.15, 0.2) is 12.0 Å².